The highest BCUT2D eigenvalue weighted by Crippen LogP contribution is 2.21. The van der Waals surface area contributed by atoms with Crippen molar-refractivity contribution < 1.29 is 14.4 Å². The summed E-state index contributed by atoms with van der Waals surface area (Å²) in [5.74, 6) is -0.314. The van der Waals surface area contributed by atoms with E-state index < -0.39 is 0 Å². The standard InChI is InChI=1S/C19H19N3O3S2/c23-15(16-7-3-12-26-16)8-9-17(24)20-10-4-11-21-19(25)18-13-5-1-2-6-14(13)22-27-18/h1-3,5-7,12H,4,8-11H2,(H,20,24)(H,21,25). The lowest BCUT2D eigenvalue weighted by atomic mass is 10.2. The third-order valence-electron chi connectivity index (χ3n) is 3.93. The number of benzene rings is 1. The Labute approximate surface area is 164 Å². The van der Waals surface area contributed by atoms with Gasteiger partial charge in [-0.2, -0.15) is 4.37 Å². The Morgan fingerprint density at radius 1 is 0.963 bits per heavy atom. The maximum Gasteiger partial charge on any atom is 0.263 e. The minimum Gasteiger partial charge on any atom is -0.356 e. The van der Waals surface area contributed by atoms with Crippen LogP contribution in [0.25, 0.3) is 10.9 Å². The van der Waals surface area contributed by atoms with Gasteiger partial charge in [0.1, 0.15) is 4.88 Å². The number of carbonyl (C=O) groups is 3. The zero-order chi connectivity index (χ0) is 19.1. The van der Waals surface area contributed by atoms with Crippen LogP contribution in [0.2, 0.25) is 0 Å². The van der Waals surface area contributed by atoms with Crippen molar-refractivity contribution in [3.63, 3.8) is 0 Å². The van der Waals surface area contributed by atoms with Gasteiger partial charge in [0.2, 0.25) is 5.91 Å². The lowest BCUT2D eigenvalue weighted by Gasteiger charge is -2.06. The minimum atomic E-state index is -0.153. The summed E-state index contributed by atoms with van der Waals surface area (Å²) in [6.07, 6.45) is 1.00. The van der Waals surface area contributed by atoms with Crippen molar-refractivity contribution in [3.05, 3.63) is 51.5 Å². The van der Waals surface area contributed by atoms with Gasteiger partial charge in [-0.05, 0) is 35.5 Å². The zero-order valence-corrected chi connectivity index (χ0v) is 16.2. The van der Waals surface area contributed by atoms with Crippen LogP contribution < -0.4 is 10.6 Å². The number of Topliss-reactive ketones (excluding diaryl/α,β-unsaturated/α-hetero) is 1. The molecule has 0 atom stereocenters. The van der Waals surface area contributed by atoms with E-state index in [1.54, 1.807) is 6.07 Å². The quantitative estimate of drug-likeness (QED) is 0.425. The Hall–Kier alpha value is -2.58. The number of hydrogen-bond acceptors (Lipinski definition) is 6. The molecule has 0 saturated heterocycles. The summed E-state index contributed by atoms with van der Waals surface area (Å²) in [7, 11) is 0. The first-order valence-corrected chi connectivity index (χ1v) is 10.3. The molecule has 3 rings (SSSR count). The Morgan fingerprint density at radius 2 is 1.78 bits per heavy atom. The normalized spacial score (nSPS) is 10.7. The average Bonchev–Trinajstić information content (AvgIpc) is 3.35. The largest absolute Gasteiger partial charge is 0.356 e. The molecule has 2 aromatic heterocycles. The summed E-state index contributed by atoms with van der Waals surface area (Å²) < 4.78 is 4.26. The second-order valence-electron chi connectivity index (χ2n) is 5.89. The first-order valence-electron chi connectivity index (χ1n) is 8.61. The number of thiophene rings is 1. The van der Waals surface area contributed by atoms with Crippen LogP contribution in [0.5, 0.6) is 0 Å². The summed E-state index contributed by atoms with van der Waals surface area (Å²) in [5.41, 5.74) is 0.817. The Kier molecular flexibility index (Phi) is 6.67. The molecule has 3 aromatic rings. The Bertz CT molecular complexity index is 935. The fourth-order valence-corrected chi connectivity index (χ4v) is 4.00. The number of aromatic nitrogens is 1. The molecule has 0 aliphatic carbocycles. The van der Waals surface area contributed by atoms with Crippen molar-refractivity contribution in [2.24, 2.45) is 0 Å². The van der Waals surface area contributed by atoms with Crippen molar-refractivity contribution in [1.29, 1.82) is 0 Å². The predicted molar refractivity (Wildman–Crippen MR) is 107 cm³/mol. The minimum absolute atomic E-state index is 0.0100. The van der Waals surface area contributed by atoms with E-state index in [4.69, 9.17) is 0 Å². The molecule has 6 nitrogen and oxygen atoms in total. The molecule has 2 amide bonds. The molecule has 0 fully saturated rings. The van der Waals surface area contributed by atoms with Crippen molar-refractivity contribution >= 4 is 51.4 Å². The number of amides is 2. The molecule has 1 aromatic carbocycles. The SMILES string of the molecule is O=C(CCC(=O)c1cccs1)NCCCNC(=O)c1snc2ccccc12. The van der Waals surface area contributed by atoms with Gasteiger partial charge in [-0.3, -0.25) is 14.4 Å². The number of nitrogens with one attached hydrogen (secondary N) is 2. The first kappa shape index (κ1) is 19.2. The van der Waals surface area contributed by atoms with E-state index in [-0.39, 0.29) is 30.4 Å². The topological polar surface area (TPSA) is 88.2 Å². The Balaban J connectivity index is 1.32. The molecule has 27 heavy (non-hydrogen) atoms. The van der Waals surface area contributed by atoms with Crippen LogP contribution in [0, 0.1) is 0 Å². The fourth-order valence-electron chi connectivity index (χ4n) is 2.53. The highest BCUT2D eigenvalue weighted by atomic mass is 32.1. The maximum absolute atomic E-state index is 12.2. The van der Waals surface area contributed by atoms with Crippen LogP contribution in [0.15, 0.2) is 41.8 Å². The van der Waals surface area contributed by atoms with Crippen LogP contribution in [0.3, 0.4) is 0 Å². The van der Waals surface area contributed by atoms with Gasteiger partial charge in [0.15, 0.2) is 5.78 Å². The van der Waals surface area contributed by atoms with Gasteiger partial charge in [0, 0.05) is 31.3 Å². The number of rotatable bonds is 9. The van der Waals surface area contributed by atoms with Crippen molar-refractivity contribution in [1.82, 2.24) is 15.0 Å². The van der Waals surface area contributed by atoms with E-state index in [1.165, 1.54) is 22.9 Å². The molecule has 0 radical (unpaired) electrons. The molecule has 0 aliphatic rings. The molecule has 8 heteroatoms. The van der Waals surface area contributed by atoms with E-state index in [1.807, 2.05) is 35.7 Å². The molecular weight excluding hydrogens is 382 g/mol. The van der Waals surface area contributed by atoms with Gasteiger partial charge in [-0.25, -0.2) is 0 Å². The number of fused-ring (bicyclic) bond motifs is 1. The van der Waals surface area contributed by atoms with E-state index in [2.05, 4.69) is 15.0 Å². The van der Waals surface area contributed by atoms with Crippen LogP contribution in [0.1, 0.15) is 38.6 Å². The molecule has 0 unspecified atom stereocenters. The highest BCUT2D eigenvalue weighted by molar-refractivity contribution is 7.12. The monoisotopic (exact) mass is 401 g/mol. The Morgan fingerprint density at radius 3 is 2.59 bits per heavy atom. The summed E-state index contributed by atoms with van der Waals surface area (Å²) in [6.45, 7) is 0.912. The number of carbonyl (C=O) groups excluding carboxylic acids is 3. The second-order valence-corrected chi connectivity index (χ2v) is 7.61. The zero-order valence-electron chi connectivity index (χ0n) is 14.6. The third kappa shape index (κ3) is 5.21. The van der Waals surface area contributed by atoms with Crippen molar-refractivity contribution in [2.75, 3.05) is 13.1 Å². The molecule has 140 valence electrons. The van der Waals surface area contributed by atoms with E-state index in [0.29, 0.717) is 29.3 Å². The van der Waals surface area contributed by atoms with Gasteiger partial charge in [0.25, 0.3) is 5.91 Å². The summed E-state index contributed by atoms with van der Waals surface area (Å²) in [4.78, 5) is 37.2. The number of hydrogen-bond donors (Lipinski definition) is 2. The second kappa shape index (κ2) is 9.38. The molecule has 2 N–H and O–H groups in total. The first-order chi connectivity index (χ1) is 13.1. The molecule has 2 heterocycles. The van der Waals surface area contributed by atoms with Crippen molar-refractivity contribution in [2.45, 2.75) is 19.3 Å². The van der Waals surface area contributed by atoms with Gasteiger partial charge in [0.05, 0.1) is 10.4 Å². The third-order valence-corrected chi connectivity index (χ3v) is 5.71. The summed E-state index contributed by atoms with van der Waals surface area (Å²) >= 11 is 2.57. The lowest BCUT2D eigenvalue weighted by Crippen LogP contribution is -2.29. The van der Waals surface area contributed by atoms with Crippen LogP contribution in [-0.4, -0.2) is 35.1 Å². The average molecular weight is 402 g/mol. The molecule has 0 aliphatic heterocycles. The van der Waals surface area contributed by atoms with Gasteiger partial charge >= 0.3 is 0 Å². The number of nitrogens with zero attached hydrogens (tertiary/aromatic N) is 1. The lowest BCUT2D eigenvalue weighted by molar-refractivity contribution is -0.121. The smallest absolute Gasteiger partial charge is 0.263 e. The highest BCUT2D eigenvalue weighted by Gasteiger charge is 2.13. The molecule has 0 bridgehead atoms. The van der Waals surface area contributed by atoms with E-state index in [0.717, 1.165) is 10.9 Å². The molecule has 0 spiro atoms. The fraction of sp³-hybridized carbons (Fsp3) is 0.263. The number of ketones is 1. The van der Waals surface area contributed by atoms with Crippen LogP contribution in [0.4, 0.5) is 0 Å². The van der Waals surface area contributed by atoms with E-state index in [9.17, 15) is 14.4 Å². The van der Waals surface area contributed by atoms with Gasteiger partial charge in [-0.15, -0.1) is 11.3 Å². The van der Waals surface area contributed by atoms with E-state index >= 15 is 0 Å². The summed E-state index contributed by atoms with van der Waals surface area (Å²) in [6, 6.07) is 11.1. The van der Waals surface area contributed by atoms with Gasteiger partial charge < -0.3 is 10.6 Å². The molecular formula is C19H19N3O3S2. The van der Waals surface area contributed by atoms with Crippen LogP contribution in [-0.2, 0) is 4.79 Å². The van der Waals surface area contributed by atoms with Crippen molar-refractivity contribution in [3.8, 4) is 0 Å². The summed E-state index contributed by atoms with van der Waals surface area (Å²) in [5, 5.41) is 8.31. The van der Waals surface area contributed by atoms with Gasteiger partial charge in [-0.1, -0.05) is 24.3 Å². The van der Waals surface area contributed by atoms with Crippen LogP contribution >= 0.6 is 22.9 Å². The predicted octanol–water partition coefficient (Wildman–Crippen LogP) is 3.26. The maximum atomic E-state index is 12.2. The molecule has 0 saturated carbocycles.